The van der Waals surface area contributed by atoms with Crippen LogP contribution in [0.25, 0.3) is 4.85 Å². The van der Waals surface area contributed by atoms with E-state index < -0.39 is 0 Å². The van der Waals surface area contributed by atoms with E-state index >= 15 is 0 Å². The highest BCUT2D eigenvalue weighted by Crippen LogP contribution is 2.47. The standard InChI is InChI=1S/C44H24B2N4O2/c1-48-34-21-23-38-42-44(34)50(29-14-6-3-7-15-29)36-19-11-9-17-31(36)46(42)33-24-32-39(25-40(33)52-38)51-37-22-20-27(26-47)43-41(37)45(32)30-16-8-10-18-35(30)49(43)28-12-4-2-5-13-28/h2-25H. The number of hydrogen-bond donors (Lipinski definition) is 0. The first kappa shape index (κ1) is 28.7. The summed E-state index contributed by atoms with van der Waals surface area (Å²) in [5, 5.41) is 10.5. The van der Waals surface area contributed by atoms with E-state index in [-0.39, 0.29) is 13.4 Å². The molecular formula is C44H24B2N4O2. The molecule has 0 spiro atoms. The van der Waals surface area contributed by atoms with Gasteiger partial charge in [-0.3, -0.25) is 0 Å². The van der Waals surface area contributed by atoms with Crippen LogP contribution in [-0.4, -0.2) is 13.4 Å². The average molecular weight is 662 g/mol. The number of para-hydroxylation sites is 4. The van der Waals surface area contributed by atoms with Gasteiger partial charge in [0.25, 0.3) is 13.4 Å². The maximum atomic E-state index is 10.5. The molecule has 0 fully saturated rings. The van der Waals surface area contributed by atoms with E-state index in [1.54, 1.807) is 0 Å². The maximum Gasteiger partial charge on any atom is 0.256 e. The molecule has 0 atom stereocenters. The quantitative estimate of drug-likeness (QED) is 0.149. The van der Waals surface area contributed by atoms with E-state index in [9.17, 15) is 5.26 Å². The van der Waals surface area contributed by atoms with E-state index in [0.717, 1.165) is 89.9 Å². The molecule has 0 amide bonds. The van der Waals surface area contributed by atoms with Gasteiger partial charge in [-0.1, -0.05) is 84.9 Å². The smallest absolute Gasteiger partial charge is 0.256 e. The van der Waals surface area contributed by atoms with Gasteiger partial charge in [0.2, 0.25) is 5.69 Å². The lowest BCUT2D eigenvalue weighted by atomic mass is 9.31. The van der Waals surface area contributed by atoms with Gasteiger partial charge < -0.3 is 19.3 Å². The minimum Gasteiger partial charge on any atom is -0.458 e. The van der Waals surface area contributed by atoms with Gasteiger partial charge in [0.05, 0.1) is 23.5 Å². The lowest BCUT2D eigenvalue weighted by molar-refractivity contribution is 0.466. The summed E-state index contributed by atoms with van der Waals surface area (Å²) in [6.45, 7) is 7.86. The predicted molar refractivity (Wildman–Crippen MR) is 209 cm³/mol. The number of fused-ring (bicyclic) bond motifs is 8. The minimum absolute atomic E-state index is 0.192. The van der Waals surface area contributed by atoms with E-state index in [1.165, 1.54) is 0 Å². The minimum atomic E-state index is -0.196. The van der Waals surface area contributed by atoms with Crippen LogP contribution in [0.1, 0.15) is 5.56 Å². The molecule has 0 unspecified atom stereocenters. The predicted octanol–water partition coefficient (Wildman–Crippen LogP) is 6.92. The Morgan fingerprint density at radius 2 is 1.02 bits per heavy atom. The topological polar surface area (TPSA) is 53.1 Å². The van der Waals surface area contributed by atoms with Gasteiger partial charge >= 0.3 is 0 Å². The van der Waals surface area contributed by atoms with Gasteiger partial charge in [0, 0.05) is 28.8 Å². The molecule has 0 aliphatic carbocycles. The zero-order valence-corrected chi connectivity index (χ0v) is 27.6. The number of nitrogens with zero attached hydrogens (tertiary/aromatic N) is 4. The first-order valence-electron chi connectivity index (χ1n) is 17.3. The molecule has 6 nitrogen and oxygen atoms in total. The highest BCUT2D eigenvalue weighted by Gasteiger charge is 2.47. The fourth-order valence-corrected chi connectivity index (χ4v) is 8.78. The van der Waals surface area contributed by atoms with E-state index in [0.29, 0.717) is 11.3 Å². The first-order valence-corrected chi connectivity index (χ1v) is 17.3. The Morgan fingerprint density at radius 1 is 0.519 bits per heavy atom. The van der Waals surface area contributed by atoms with Gasteiger partial charge in [-0.15, -0.1) is 0 Å². The summed E-state index contributed by atoms with van der Waals surface area (Å²) in [6.07, 6.45) is 0. The molecule has 7 aromatic carbocycles. The molecule has 4 heterocycles. The van der Waals surface area contributed by atoms with Gasteiger partial charge in [-0.25, -0.2) is 4.85 Å². The first-order chi connectivity index (χ1) is 25.7. The van der Waals surface area contributed by atoms with Crippen molar-refractivity contribution in [2.75, 3.05) is 9.80 Å². The summed E-state index contributed by atoms with van der Waals surface area (Å²) in [5.74, 6) is 2.91. The van der Waals surface area contributed by atoms with E-state index in [1.807, 2.05) is 66.7 Å². The summed E-state index contributed by atoms with van der Waals surface area (Å²) >= 11 is 0. The second kappa shape index (κ2) is 10.7. The summed E-state index contributed by atoms with van der Waals surface area (Å²) < 4.78 is 13.6. The normalized spacial score (nSPS) is 13.5. The highest BCUT2D eigenvalue weighted by molar-refractivity contribution is 7.02. The van der Waals surface area contributed by atoms with Crippen LogP contribution in [0.15, 0.2) is 146 Å². The van der Waals surface area contributed by atoms with Crippen molar-refractivity contribution in [3.8, 4) is 29.1 Å². The van der Waals surface area contributed by atoms with Gasteiger partial charge in [0.15, 0.2) is 0 Å². The van der Waals surface area contributed by atoms with Crippen LogP contribution < -0.4 is 52.1 Å². The fraction of sp³-hybridized carbons (Fsp3) is 0. The zero-order valence-electron chi connectivity index (χ0n) is 27.6. The van der Waals surface area contributed by atoms with Crippen LogP contribution in [0.4, 0.5) is 39.8 Å². The third-order valence-corrected chi connectivity index (χ3v) is 10.8. The molecular weight excluding hydrogens is 638 g/mol. The Bertz CT molecular complexity index is 2570. The number of hydrogen-bond acceptors (Lipinski definition) is 5. The Hall–Kier alpha value is -7.15. The molecule has 0 N–H and O–H groups in total. The molecule has 0 saturated heterocycles. The Kier molecular flexibility index (Phi) is 5.88. The molecule has 4 aliphatic heterocycles. The highest BCUT2D eigenvalue weighted by atomic mass is 16.5. The maximum absolute atomic E-state index is 10.5. The van der Waals surface area contributed by atoms with Crippen molar-refractivity contribution in [2.24, 2.45) is 0 Å². The van der Waals surface area contributed by atoms with Crippen molar-refractivity contribution in [3.63, 3.8) is 0 Å². The molecule has 0 radical (unpaired) electrons. The van der Waals surface area contributed by atoms with Crippen LogP contribution in [0.2, 0.25) is 0 Å². The Balaban J connectivity index is 1.18. The second-order valence-electron chi connectivity index (χ2n) is 13.4. The van der Waals surface area contributed by atoms with E-state index in [2.05, 4.69) is 99.6 Å². The molecule has 0 bridgehead atoms. The number of anilines is 6. The number of ether oxygens (including phenoxy) is 2. The molecule has 0 saturated carbocycles. The van der Waals surface area contributed by atoms with Crippen LogP contribution in [0.3, 0.4) is 0 Å². The molecule has 4 aliphatic rings. The fourth-order valence-electron chi connectivity index (χ4n) is 8.78. The van der Waals surface area contributed by atoms with Crippen LogP contribution in [-0.2, 0) is 0 Å². The lowest BCUT2D eigenvalue weighted by Gasteiger charge is -2.42. The third kappa shape index (κ3) is 3.78. The number of rotatable bonds is 2. The van der Waals surface area contributed by atoms with Gasteiger partial charge in [-0.05, 0) is 87.4 Å². The monoisotopic (exact) mass is 662 g/mol. The van der Waals surface area contributed by atoms with Crippen LogP contribution >= 0.6 is 0 Å². The average Bonchev–Trinajstić information content (AvgIpc) is 3.20. The molecule has 8 heteroatoms. The summed E-state index contributed by atoms with van der Waals surface area (Å²) in [6, 6.07) is 51.8. The van der Waals surface area contributed by atoms with Crippen molar-refractivity contribution < 1.29 is 9.47 Å². The van der Waals surface area contributed by atoms with Crippen LogP contribution in [0, 0.1) is 17.9 Å². The van der Waals surface area contributed by atoms with Crippen molar-refractivity contribution >= 4 is 86.0 Å². The molecule has 52 heavy (non-hydrogen) atoms. The molecule has 7 aromatic rings. The van der Waals surface area contributed by atoms with Crippen LogP contribution in [0.5, 0.6) is 23.0 Å². The van der Waals surface area contributed by atoms with E-state index in [4.69, 9.17) is 16.0 Å². The SMILES string of the molecule is [C-]#[N+]c1ccc2c3c1N(c1ccccc1)c1ccccc1B3c1cc3c(cc1O2)Oc1ccc(C#N)c2c1B3c1ccccc1N2c1ccccc1. The second-order valence-corrected chi connectivity index (χ2v) is 13.4. The van der Waals surface area contributed by atoms with Crippen molar-refractivity contribution in [1.29, 1.82) is 5.26 Å². The summed E-state index contributed by atoms with van der Waals surface area (Å²) in [5.41, 5.74) is 13.1. The van der Waals surface area contributed by atoms with Crippen molar-refractivity contribution in [3.05, 3.63) is 163 Å². The van der Waals surface area contributed by atoms with Gasteiger partial charge in [0.1, 0.15) is 29.1 Å². The molecule has 11 rings (SSSR count). The largest absolute Gasteiger partial charge is 0.458 e. The Morgan fingerprint density at radius 3 is 1.58 bits per heavy atom. The zero-order chi connectivity index (χ0) is 34.5. The van der Waals surface area contributed by atoms with Crippen molar-refractivity contribution in [2.45, 2.75) is 0 Å². The molecule has 238 valence electrons. The van der Waals surface area contributed by atoms with Crippen molar-refractivity contribution in [1.82, 2.24) is 0 Å². The Labute approximate surface area is 301 Å². The lowest BCUT2D eigenvalue weighted by Crippen LogP contribution is -2.63. The summed E-state index contributed by atoms with van der Waals surface area (Å²) in [7, 11) is 0. The van der Waals surface area contributed by atoms with Gasteiger partial charge in [-0.2, -0.15) is 5.26 Å². The summed E-state index contributed by atoms with van der Waals surface area (Å²) in [4.78, 5) is 8.44. The number of benzene rings is 7. The molecule has 0 aromatic heterocycles. The number of nitriles is 1. The third-order valence-electron chi connectivity index (χ3n) is 10.8.